The van der Waals surface area contributed by atoms with Gasteiger partial charge in [-0.05, 0) is 13.3 Å². The lowest BCUT2D eigenvalue weighted by molar-refractivity contribution is 0.738. The van der Waals surface area contributed by atoms with E-state index >= 15 is 0 Å². The third-order valence-corrected chi connectivity index (χ3v) is 3.44. The van der Waals surface area contributed by atoms with E-state index < -0.39 is 0 Å². The van der Waals surface area contributed by atoms with Crippen molar-refractivity contribution in [1.82, 2.24) is 19.6 Å². The van der Waals surface area contributed by atoms with Crippen LogP contribution in [0, 0.1) is 6.92 Å². The second-order valence-corrected chi connectivity index (χ2v) is 5.92. The summed E-state index contributed by atoms with van der Waals surface area (Å²) in [6, 6.07) is 0. The third kappa shape index (κ3) is 2.44. The van der Waals surface area contributed by atoms with Gasteiger partial charge in [0.15, 0.2) is 5.16 Å². The molecule has 0 aliphatic heterocycles. The molecule has 5 heteroatoms. The molecule has 92 valence electrons. The van der Waals surface area contributed by atoms with Crippen molar-refractivity contribution in [2.24, 2.45) is 0 Å². The number of hydrogen-bond donors (Lipinski definition) is 0. The van der Waals surface area contributed by atoms with E-state index in [0.29, 0.717) is 5.25 Å². The first-order chi connectivity index (χ1) is 8.13. The van der Waals surface area contributed by atoms with Crippen LogP contribution in [0.5, 0.6) is 0 Å². The van der Waals surface area contributed by atoms with E-state index in [2.05, 4.69) is 40.4 Å². The molecule has 17 heavy (non-hydrogen) atoms. The van der Waals surface area contributed by atoms with Gasteiger partial charge in [0.05, 0.1) is 17.4 Å². The summed E-state index contributed by atoms with van der Waals surface area (Å²) in [7, 11) is 0. The van der Waals surface area contributed by atoms with E-state index in [9.17, 15) is 0 Å². The Balaban J connectivity index is 2.59. The van der Waals surface area contributed by atoms with Crippen LogP contribution in [0.1, 0.15) is 38.7 Å². The number of fused-ring (bicyclic) bond motifs is 1. The predicted octanol–water partition coefficient (Wildman–Crippen LogP) is 2.89. The molecule has 0 aliphatic rings. The van der Waals surface area contributed by atoms with Crippen molar-refractivity contribution in [3.05, 3.63) is 17.7 Å². The number of rotatable bonds is 4. The van der Waals surface area contributed by atoms with Gasteiger partial charge in [-0.2, -0.15) is 5.10 Å². The molecule has 0 amide bonds. The number of thioether (sulfide) groups is 1. The number of nitrogens with zero attached hydrogens (tertiary/aromatic N) is 4. The zero-order valence-electron chi connectivity index (χ0n) is 10.8. The van der Waals surface area contributed by atoms with E-state index in [1.807, 2.05) is 6.92 Å². The Morgan fingerprint density at radius 2 is 2.18 bits per heavy atom. The Bertz CT molecular complexity index is 518. The molecule has 4 nitrogen and oxygen atoms in total. The summed E-state index contributed by atoms with van der Waals surface area (Å²) in [5, 5.41) is 9.75. The van der Waals surface area contributed by atoms with Crippen molar-refractivity contribution < 1.29 is 0 Å². The largest absolute Gasteiger partial charge is 0.272 e. The van der Waals surface area contributed by atoms with Crippen LogP contribution >= 0.6 is 11.8 Å². The Labute approximate surface area is 106 Å². The summed E-state index contributed by atoms with van der Waals surface area (Å²) in [6.45, 7) is 8.52. The molecule has 2 rings (SSSR count). The molecule has 0 aromatic carbocycles. The van der Waals surface area contributed by atoms with Gasteiger partial charge in [-0.15, -0.1) is 5.10 Å². The van der Waals surface area contributed by atoms with Crippen LogP contribution in [-0.2, 0) is 6.42 Å². The van der Waals surface area contributed by atoms with Gasteiger partial charge < -0.3 is 0 Å². The van der Waals surface area contributed by atoms with Crippen LogP contribution in [0.4, 0.5) is 0 Å². The molecule has 0 aliphatic carbocycles. The van der Waals surface area contributed by atoms with Gasteiger partial charge >= 0.3 is 0 Å². The Hall–Kier alpha value is -1.10. The van der Waals surface area contributed by atoms with Crippen molar-refractivity contribution in [1.29, 1.82) is 0 Å². The van der Waals surface area contributed by atoms with Crippen molar-refractivity contribution in [3.8, 4) is 0 Å². The number of imidazole rings is 1. The highest BCUT2D eigenvalue weighted by atomic mass is 32.2. The molecular weight excluding hydrogens is 232 g/mol. The average molecular weight is 250 g/mol. The van der Waals surface area contributed by atoms with Crippen molar-refractivity contribution in [2.75, 3.05) is 0 Å². The molecule has 2 heterocycles. The van der Waals surface area contributed by atoms with E-state index in [4.69, 9.17) is 0 Å². The molecule has 0 radical (unpaired) electrons. The average Bonchev–Trinajstić information content (AvgIpc) is 2.57. The quantitative estimate of drug-likeness (QED) is 0.783. The first kappa shape index (κ1) is 12.4. The normalized spacial score (nSPS) is 11.6. The van der Waals surface area contributed by atoms with E-state index in [-0.39, 0.29) is 0 Å². The molecule has 0 fully saturated rings. The molecule has 0 saturated heterocycles. The fourth-order valence-electron chi connectivity index (χ4n) is 1.82. The molecule has 0 bridgehead atoms. The van der Waals surface area contributed by atoms with E-state index in [1.165, 1.54) is 0 Å². The van der Waals surface area contributed by atoms with Gasteiger partial charge in [0, 0.05) is 11.7 Å². The highest BCUT2D eigenvalue weighted by Crippen LogP contribution is 2.24. The third-order valence-electron chi connectivity index (χ3n) is 2.50. The van der Waals surface area contributed by atoms with Crippen molar-refractivity contribution in [3.63, 3.8) is 0 Å². The van der Waals surface area contributed by atoms with Crippen LogP contribution in [0.15, 0.2) is 11.4 Å². The standard InChI is InChI=1S/C12H18N4S/c1-5-6-11-14-9(4)10-7-13-15-12(16(10)11)17-8(2)3/h7-8H,5-6H2,1-4H3. The second-order valence-electron chi connectivity index (χ2n) is 4.38. The summed E-state index contributed by atoms with van der Waals surface area (Å²) in [6.07, 6.45) is 3.87. The maximum absolute atomic E-state index is 4.62. The predicted molar refractivity (Wildman–Crippen MR) is 70.5 cm³/mol. The fourth-order valence-corrected chi connectivity index (χ4v) is 2.65. The van der Waals surface area contributed by atoms with Gasteiger partial charge in [0.2, 0.25) is 0 Å². The van der Waals surface area contributed by atoms with Crippen LogP contribution in [0.3, 0.4) is 0 Å². The van der Waals surface area contributed by atoms with Gasteiger partial charge in [-0.3, -0.25) is 4.40 Å². The second kappa shape index (κ2) is 5.04. The topological polar surface area (TPSA) is 43.1 Å². The molecule has 2 aromatic rings. The van der Waals surface area contributed by atoms with Crippen LogP contribution in [-0.4, -0.2) is 24.8 Å². The smallest absolute Gasteiger partial charge is 0.196 e. The Kier molecular flexibility index (Phi) is 3.66. The maximum atomic E-state index is 4.62. The van der Waals surface area contributed by atoms with Gasteiger partial charge in [-0.25, -0.2) is 4.98 Å². The Morgan fingerprint density at radius 3 is 2.82 bits per heavy atom. The minimum absolute atomic E-state index is 0.493. The SMILES string of the molecule is CCCc1nc(C)c2cnnc(SC(C)C)n12. The number of aryl methyl sites for hydroxylation is 2. The van der Waals surface area contributed by atoms with Crippen LogP contribution in [0.2, 0.25) is 0 Å². The lowest BCUT2D eigenvalue weighted by Crippen LogP contribution is -2.03. The van der Waals surface area contributed by atoms with Gasteiger partial charge in [0.1, 0.15) is 5.82 Å². The van der Waals surface area contributed by atoms with Gasteiger partial charge in [-0.1, -0.05) is 32.5 Å². The van der Waals surface area contributed by atoms with Gasteiger partial charge in [0.25, 0.3) is 0 Å². The van der Waals surface area contributed by atoms with Crippen LogP contribution in [0.25, 0.3) is 5.52 Å². The Morgan fingerprint density at radius 1 is 1.41 bits per heavy atom. The summed E-state index contributed by atoms with van der Waals surface area (Å²) >= 11 is 1.73. The zero-order chi connectivity index (χ0) is 12.4. The lowest BCUT2D eigenvalue weighted by atomic mass is 10.3. The number of aromatic nitrogens is 4. The molecule has 0 spiro atoms. The summed E-state index contributed by atoms with van der Waals surface area (Å²) in [5.74, 6) is 1.10. The highest BCUT2D eigenvalue weighted by Gasteiger charge is 2.13. The van der Waals surface area contributed by atoms with Crippen molar-refractivity contribution in [2.45, 2.75) is 50.9 Å². The molecule has 0 N–H and O–H groups in total. The zero-order valence-corrected chi connectivity index (χ0v) is 11.6. The minimum atomic E-state index is 0.493. The van der Waals surface area contributed by atoms with E-state index in [1.54, 1.807) is 18.0 Å². The summed E-state index contributed by atoms with van der Waals surface area (Å²) < 4.78 is 2.15. The molecule has 0 unspecified atom stereocenters. The maximum Gasteiger partial charge on any atom is 0.196 e. The fraction of sp³-hybridized carbons (Fsp3) is 0.583. The summed E-state index contributed by atoms with van der Waals surface area (Å²) in [5.41, 5.74) is 2.11. The molecule has 0 atom stereocenters. The van der Waals surface area contributed by atoms with Crippen LogP contribution < -0.4 is 0 Å². The van der Waals surface area contributed by atoms with Crippen molar-refractivity contribution >= 4 is 17.3 Å². The first-order valence-corrected chi connectivity index (χ1v) is 6.87. The number of hydrogen-bond acceptors (Lipinski definition) is 4. The highest BCUT2D eigenvalue weighted by molar-refractivity contribution is 7.99. The lowest BCUT2D eigenvalue weighted by Gasteiger charge is -2.07. The minimum Gasteiger partial charge on any atom is -0.272 e. The van der Waals surface area contributed by atoms with E-state index in [0.717, 1.165) is 35.0 Å². The first-order valence-electron chi connectivity index (χ1n) is 5.99. The molecular formula is C12H18N4S. The monoisotopic (exact) mass is 250 g/mol. The molecule has 2 aromatic heterocycles. The molecule has 0 saturated carbocycles. The summed E-state index contributed by atoms with van der Waals surface area (Å²) in [4.78, 5) is 4.62.